The topological polar surface area (TPSA) is 41.6 Å². The number of methoxy groups -OCH3 is 1. The Bertz CT molecular complexity index is 520. The molecular formula is C18H26N2O2. The molecule has 1 unspecified atom stereocenters. The van der Waals surface area contributed by atoms with Crippen molar-refractivity contribution in [2.24, 2.45) is 5.92 Å². The summed E-state index contributed by atoms with van der Waals surface area (Å²) in [6.45, 7) is 4.68. The zero-order valence-electron chi connectivity index (χ0n) is 13.8. The first-order valence-corrected chi connectivity index (χ1v) is 7.90. The number of benzene rings is 1. The summed E-state index contributed by atoms with van der Waals surface area (Å²) in [5, 5.41) is 3.21. The van der Waals surface area contributed by atoms with E-state index in [-0.39, 0.29) is 5.91 Å². The van der Waals surface area contributed by atoms with E-state index in [0.29, 0.717) is 5.92 Å². The molecule has 1 heterocycles. The molecule has 1 saturated heterocycles. The van der Waals surface area contributed by atoms with E-state index in [4.69, 9.17) is 4.74 Å². The minimum Gasteiger partial charge on any atom is -0.497 e. The molecule has 1 atom stereocenters. The van der Waals surface area contributed by atoms with E-state index in [9.17, 15) is 4.79 Å². The van der Waals surface area contributed by atoms with E-state index in [1.54, 1.807) is 13.2 Å². The van der Waals surface area contributed by atoms with Crippen molar-refractivity contribution in [2.75, 3.05) is 33.8 Å². The van der Waals surface area contributed by atoms with Crippen molar-refractivity contribution < 1.29 is 9.53 Å². The number of carbonyl (C=O) groups is 1. The highest BCUT2D eigenvalue weighted by Crippen LogP contribution is 2.20. The third-order valence-electron chi connectivity index (χ3n) is 4.21. The fourth-order valence-electron chi connectivity index (χ4n) is 2.93. The summed E-state index contributed by atoms with van der Waals surface area (Å²) in [5.41, 5.74) is 2.04. The number of nitrogens with one attached hydrogen (secondary N) is 1. The molecular weight excluding hydrogens is 276 g/mol. The second-order valence-corrected chi connectivity index (χ2v) is 5.91. The van der Waals surface area contributed by atoms with Crippen molar-refractivity contribution in [3.63, 3.8) is 0 Å². The van der Waals surface area contributed by atoms with Crippen LogP contribution in [0.15, 0.2) is 30.3 Å². The molecule has 1 amide bonds. The number of hydrogen-bond acceptors (Lipinski definition) is 3. The molecule has 1 aliphatic rings. The lowest BCUT2D eigenvalue weighted by Crippen LogP contribution is -2.41. The number of ether oxygens (including phenoxy) is 1. The van der Waals surface area contributed by atoms with Crippen molar-refractivity contribution in [3.8, 4) is 5.75 Å². The third-order valence-corrected chi connectivity index (χ3v) is 4.21. The van der Waals surface area contributed by atoms with Crippen molar-refractivity contribution in [3.05, 3.63) is 35.9 Å². The van der Waals surface area contributed by atoms with Gasteiger partial charge in [0.1, 0.15) is 5.75 Å². The first kappa shape index (κ1) is 16.6. The average molecular weight is 302 g/mol. The van der Waals surface area contributed by atoms with E-state index in [1.165, 1.54) is 6.42 Å². The minimum atomic E-state index is 0.120. The molecule has 1 aliphatic heterocycles. The fourth-order valence-corrected chi connectivity index (χ4v) is 2.93. The summed E-state index contributed by atoms with van der Waals surface area (Å²) in [5.74, 6) is 1.51. The van der Waals surface area contributed by atoms with Crippen LogP contribution in [0.4, 0.5) is 0 Å². The summed E-state index contributed by atoms with van der Waals surface area (Å²) in [4.78, 5) is 14.4. The molecule has 4 heteroatoms. The molecule has 22 heavy (non-hydrogen) atoms. The van der Waals surface area contributed by atoms with Crippen LogP contribution in [0.2, 0.25) is 0 Å². The lowest BCUT2D eigenvalue weighted by molar-refractivity contribution is -0.127. The Hall–Kier alpha value is -1.81. The first-order chi connectivity index (χ1) is 10.6. The number of hydrogen-bond donors (Lipinski definition) is 1. The molecule has 0 spiro atoms. The number of piperidine rings is 1. The Morgan fingerprint density at radius 3 is 2.77 bits per heavy atom. The van der Waals surface area contributed by atoms with Gasteiger partial charge in [-0.15, -0.1) is 0 Å². The highest BCUT2D eigenvalue weighted by molar-refractivity contribution is 5.94. The van der Waals surface area contributed by atoms with Crippen LogP contribution in [-0.2, 0) is 4.79 Å². The molecule has 120 valence electrons. The van der Waals surface area contributed by atoms with Gasteiger partial charge in [-0.2, -0.15) is 0 Å². The van der Waals surface area contributed by atoms with Crippen LogP contribution in [0.25, 0.3) is 5.57 Å². The number of nitrogens with zero attached hydrogens (tertiary/aromatic N) is 1. The van der Waals surface area contributed by atoms with E-state index < -0.39 is 0 Å². The Morgan fingerprint density at radius 2 is 2.14 bits per heavy atom. The first-order valence-electron chi connectivity index (χ1n) is 7.90. The zero-order valence-corrected chi connectivity index (χ0v) is 13.8. The van der Waals surface area contributed by atoms with Gasteiger partial charge in [0.05, 0.1) is 7.11 Å². The van der Waals surface area contributed by atoms with Crippen LogP contribution < -0.4 is 10.1 Å². The maximum Gasteiger partial charge on any atom is 0.246 e. The molecule has 1 N–H and O–H groups in total. The van der Waals surface area contributed by atoms with Crippen molar-refractivity contribution >= 4 is 11.5 Å². The molecule has 2 rings (SSSR count). The number of rotatable bonds is 5. The standard InChI is InChI=1S/C18H26N2O2/c1-14(16-6-8-17(22-3)9-7-16)11-18(21)20-10-4-5-15(13-20)12-19-2/h6-9,11,15,19H,4-5,10,12-13H2,1-3H3. The Balaban J connectivity index is 2.01. The van der Waals surface area contributed by atoms with E-state index >= 15 is 0 Å². The molecule has 1 aromatic carbocycles. The number of amides is 1. The fraction of sp³-hybridized carbons (Fsp3) is 0.500. The molecule has 1 fully saturated rings. The molecule has 0 bridgehead atoms. The van der Waals surface area contributed by atoms with Crippen LogP contribution >= 0.6 is 0 Å². The van der Waals surface area contributed by atoms with E-state index in [0.717, 1.165) is 42.9 Å². The van der Waals surface area contributed by atoms with E-state index in [1.807, 2.05) is 43.1 Å². The molecule has 1 aromatic rings. The Morgan fingerprint density at radius 1 is 1.41 bits per heavy atom. The second kappa shape index (κ2) is 7.99. The quantitative estimate of drug-likeness (QED) is 0.850. The second-order valence-electron chi connectivity index (χ2n) is 5.91. The maximum atomic E-state index is 12.5. The third kappa shape index (κ3) is 4.34. The smallest absolute Gasteiger partial charge is 0.246 e. The molecule has 0 saturated carbocycles. The molecule has 0 radical (unpaired) electrons. The lowest BCUT2D eigenvalue weighted by Gasteiger charge is -2.32. The van der Waals surface area contributed by atoms with Gasteiger partial charge in [-0.3, -0.25) is 4.79 Å². The summed E-state index contributed by atoms with van der Waals surface area (Å²) in [7, 11) is 3.62. The van der Waals surface area contributed by atoms with Crippen molar-refractivity contribution in [1.29, 1.82) is 0 Å². The summed E-state index contributed by atoms with van der Waals surface area (Å²) < 4.78 is 5.16. The monoisotopic (exact) mass is 302 g/mol. The molecule has 4 nitrogen and oxygen atoms in total. The van der Waals surface area contributed by atoms with Gasteiger partial charge in [-0.1, -0.05) is 12.1 Å². The average Bonchev–Trinajstić information content (AvgIpc) is 2.55. The largest absolute Gasteiger partial charge is 0.497 e. The lowest BCUT2D eigenvalue weighted by atomic mass is 9.97. The van der Waals surface area contributed by atoms with Crippen LogP contribution in [-0.4, -0.2) is 44.6 Å². The highest BCUT2D eigenvalue weighted by atomic mass is 16.5. The summed E-state index contributed by atoms with van der Waals surface area (Å²) in [6, 6.07) is 7.80. The van der Waals surface area contributed by atoms with Gasteiger partial charge in [0.15, 0.2) is 0 Å². The summed E-state index contributed by atoms with van der Waals surface area (Å²) in [6.07, 6.45) is 4.04. The van der Waals surface area contributed by atoms with E-state index in [2.05, 4.69) is 5.32 Å². The van der Waals surface area contributed by atoms with Crippen LogP contribution in [0.5, 0.6) is 5.75 Å². The maximum absolute atomic E-state index is 12.5. The predicted octanol–water partition coefficient (Wildman–Crippen LogP) is 2.56. The Kier molecular flexibility index (Phi) is 6.01. The highest BCUT2D eigenvalue weighted by Gasteiger charge is 2.22. The number of allylic oxidation sites excluding steroid dienone is 1. The zero-order chi connectivity index (χ0) is 15.9. The van der Waals surface area contributed by atoms with Gasteiger partial charge in [-0.25, -0.2) is 0 Å². The normalized spacial score (nSPS) is 19.1. The predicted molar refractivity (Wildman–Crippen MR) is 89.9 cm³/mol. The van der Waals surface area contributed by atoms with Crippen molar-refractivity contribution in [2.45, 2.75) is 19.8 Å². The van der Waals surface area contributed by atoms with Gasteiger partial charge < -0.3 is 15.0 Å². The van der Waals surface area contributed by atoms with Gasteiger partial charge >= 0.3 is 0 Å². The molecule has 0 aromatic heterocycles. The number of carbonyl (C=O) groups excluding carboxylic acids is 1. The van der Waals surface area contributed by atoms with Gasteiger partial charge in [-0.05, 0) is 62.5 Å². The van der Waals surface area contributed by atoms with Crippen molar-refractivity contribution in [1.82, 2.24) is 10.2 Å². The van der Waals surface area contributed by atoms with Gasteiger partial charge in [0.25, 0.3) is 0 Å². The number of likely N-dealkylation sites (tertiary alicyclic amines) is 1. The summed E-state index contributed by atoms with van der Waals surface area (Å²) >= 11 is 0. The SMILES string of the molecule is CNCC1CCCN(C(=O)C=C(C)c2ccc(OC)cc2)C1. The van der Waals surface area contributed by atoms with Crippen LogP contribution in [0.1, 0.15) is 25.3 Å². The molecule has 0 aliphatic carbocycles. The van der Waals surface area contributed by atoms with Crippen LogP contribution in [0.3, 0.4) is 0 Å². The Labute approximate surface area is 133 Å². The van der Waals surface area contributed by atoms with Gasteiger partial charge in [0.2, 0.25) is 5.91 Å². The minimum absolute atomic E-state index is 0.120. The van der Waals surface area contributed by atoms with Crippen LogP contribution in [0, 0.1) is 5.92 Å². The van der Waals surface area contributed by atoms with Gasteiger partial charge in [0, 0.05) is 19.2 Å².